The van der Waals surface area contributed by atoms with E-state index in [9.17, 15) is 13.6 Å². The van der Waals surface area contributed by atoms with Crippen LogP contribution in [0.1, 0.15) is 12.8 Å². The van der Waals surface area contributed by atoms with Crippen molar-refractivity contribution in [2.24, 2.45) is 5.41 Å². The van der Waals surface area contributed by atoms with E-state index >= 15 is 0 Å². The molecule has 2 rings (SSSR count). The average Bonchev–Trinajstić information content (AvgIpc) is 2.55. The third kappa shape index (κ3) is 4.62. The Morgan fingerprint density at radius 3 is 2.70 bits per heavy atom. The molecule has 0 radical (unpaired) electrons. The summed E-state index contributed by atoms with van der Waals surface area (Å²) in [6, 6.07) is 3.34. The van der Waals surface area contributed by atoms with Crippen LogP contribution in [-0.4, -0.2) is 45.9 Å². The van der Waals surface area contributed by atoms with Crippen LogP contribution in [0, 0.1) is 17.0 Å². The molecule has 2 N–H and O–H groups in total. The number of benzene rings is 1. The van der Waals surface area contributed by atoms with E-state index in [1.165, 1.54) is 6.07 Å². The Hall–Kier alpha value is -1.73. The average molecular weight is 328 g/mol. The smallest absolute Gasteiger partial charge is 0.228 e. The Bertz CT molecular complexity index is 529. The molecule has 1 aliphatic heterocycles. The minimum absolute atomic E-state index is 0.0604. The molecule has 128 valence electrons. The number of hydrogen-bond donors (Lipinski definition) is 2. The second-order valence-corrected chi connectivity index (χ2v) is 5.64. The maximum Gasteiger partial charge on any atom is 0.228 e. The highest BCUT2D eigenvalue weighted by Crippen LogP contribution is 2.29. The fourth-order valence-electron chi connectivity index (χ4n) is 2.71. The number of piperidine rings is 1. The Balaban J connectivity index is 1.80. The van der Waals surface area contributed by atoms with Crippen LogP contribution in [-0.2, 0) is 9.53 Å². The van der Waals surface area contributed by atoms with Gasteiger partial charge in [0.25, 0.3) is 0 Å². The molecule has 0 atom stereocenters. The predicted molar refractivity (Wildman–Crippen MR) is 81.3 cm³/mol. The second kappa shape index (κ2) is 8.21. The van der Waals surface area contributed by atoms with E-state index in [0.29, 0.717) is 6.61 Å². The first-order valence-corrected chi connectivity index (χ1v) is 7.63. The SMILES string of the molecule is COCC1(C(=O)NCCOc2ccc(F)c(F)c2)CCNCC1. The molecule has 0 bridgehead atoms. The number of amides is 1. The van der Waals surface area contributed by atoms with Gasteiger partial charge in [-0.25, -0.2) is 8.78 Å². The lowest BCUT2D eigenvalue weighted by atomic mass is 9.78. The molecule has 0 aromatic heterocycles. The summed E-state index contributed by atoms with van der Waals surface area (Å²) in [6.07, 6.45) is 1.44. The zero-order chi connectivity index (χ0) is 16.7. The first-order valence-electron chi connectivity index (χ1n) is 7.63. The van der Waals surface area contributed by atoms with E-state index in [1.54, 1.807) is 7.11 Å². The summed E-state index contributed by atoms with van der Waals surface area (Å²) in [6.45, 7) is 2.41. The number of methoxy groups -OCH3 is 1. The first kappa shape index (κ1) is 17.6. The van der Waals surface area contributed by atoms with Crippen molar-refractivity contribution in [3.05, 3.63) is 29.8 Å². The Morgan fingerprint density at radius 2 is 2.04 bits per heavy atom. The van der Waals surface area contributed by atoms with Gasteiger partial charge in [-0.3, -0.25) is 4.79 Å². The Kier molecular flexibility index (Phi) is 6.29. The molecule has 1 saturated heterocycles. The molecular weight excluding hydrogens is 306 g/mol. The molecule has 0 aliphatic carbocycles. The lowest BCUT2D eigenvalue weighted by Crippen LogP contribution is -2.50. The number of carbonyl (C=O) groups excluding carboxylic acids is 1. The van der Waals surface area contributed by atoms with E-state index < -0.39 is 17.0 Å². The predicted octanol–water partition coefficient (Wildman–Crippen LogP) is 1.48. The molecule has 0 unspecified atom stereocenters. The molecule has 1 aromatic rings. The fraction of sp³-hybridized carbons (Fsp3) is 0.562. The van der Waals surface area contributed by atoms with Gasteiger partial charge in [-0.05, 0) is 38.1 Å². The number of ether oxygens (including phenoxy) is 2. The van der Waals surface area contributed by atoms with E-state index in [1.807, 2.05) is 0 Å². The highest BCUT2D eigenvalue weighted by atomic mass is 19.2. The molecule has 1 aromatic carbocycles. The molecule has 7 heteroatoms. The van der Waals surface area contributed by atoms with Gasteiger partial charge in [-0.2, -0.15) is 0 Å². The monoisotopic (exact) mass is 328 g/mol. The molecule has 1 aliphatic rings. The topological polar surface area (TPSA) is 59.6 Å². The maximum absolute atomic E-state index is 13.1. The van der Waals surface area contributed by atoms with E-state index in [-0.39, 0.29) is 24.8 Å². The highest BCUT2D eigenvalue weighted by molar-refractivity contribution is 5.83. The molecule has 1 amide bonds. The lowest BCUT2D eigenvalue weighted by Gasteiger charge is -2.35. The quantitative estimate of drug-likeness (QED) is 0.745. The summed E-state index contributed by atoms with van der Waals surface area (Å²) in [4.78, 5) is 12.4. The van der Waals surface area contributed by atoms with Gasteiger partial charge in [0.1, 0.15) is 12.4 Å². The van der Waals surface area contributed by atoms with Crippen molar-refractivity contribution >= 4 is 5.91 Å². The fourth-order valence-corrected chi connectivity index (χ4v) is 2.71. The summed E-state index contributed by atoms with van der Waals surface area (Å²) in [5, 5.41) is 6.06. The second-order valence-electron chi connectivity index (χ2n) is 5.64. The van der Waals surface area contributed by atoms with Crippen molar-refractivity contribution in [2.45, 2.75) is 12.8 Å². The number of halogens is 2. The van der Waals surface area contributed by atoms with Crippen molar-refractivity contribution in [3.8, 4) is 5.75 Å². The summed E-state index contributed by atoms with van der Waals surface area (Å²) in [5.41, 5.74) is -0.512. The molecular formula is C16H22F2N2O3. The van der Waals surface area contributed by atoms with Crippen molar-refractivity contribution < 1.29 is 23.0 Å². The number of nitrogens with one attached hydrogen (secondary N) is 2. The Morgan fingerprint density at radius 1 is 1.30 bits per heavy atom. The van der Waals surface area contributed by atoms with Crippen LogP contribution < -0.4 is 15.4 Å². The van der Waals surface area contributed by atoms with Gasteiger partial charge in [0.05, 0.1) is 18.6 Å². The number of rotatable bonds is 7. The van der Waals surface area contributed by atoms with Crippen LogP contribution in [0.15, 0.2) is 18.2 Å². The number of carbonyl (C=O) groups is 1. The van der Waals surface area contributed by atoms with Gasteiger partial charge in [0.15, 0.2) is 11.6 Å². The first-order chi connectivity index (χ1) is 11.1. The standard InChI is InChI=1S/C16H22F2N2O3/c1-22-11-16(4-6-19-7-5-16)15(21)20-8-9-23-12-2-3-13(17)14(18)10-12/h2-3,10,19H,4-9,11H2,1H3,(H,20,21). The zero-order valence-electron chi connectivity index (χ0n) is 13.2. The molecule has 0 spiro atoms. The van der Waals surface area contributed by atoms with Crippen LogP contribution in [0.2, 0.25) is 0 Å². The molecule has 5 nitrogen and oxygen atoms in total. The van der Waals surface area contributed by atoms with Crippen LogP contribution in [0.5, 0.6) is 5.75 Å². The van der Waals surface area contributed by atoms with Gasteiger partial charge in [-0.1, -0.05) is 0 Å². The van der Waals surface area contributed by atoms with Crippen molar-refractivity contribution in [1.82, 2.24) is 10.6 Å². The van der Waals surface area contributed by atoms with Crippen LogP contribution in [0.25, 0.3) is 0 Å². The summed E-state index contributed by atoms with van der Waals surface area (Å²) < 4.78 is 36.4. The van der Waals surface area contributed by atoms with E-state index in [0.717, 1.165) is 38.1 Å². The molecule has 1 heterocycles. The molecule has 1 fully saturated rings. The van der Waals surface area contributed by atoms with Crippen molar-refractivity contribution in [3.63, 3.8) is 0 Å². The van der Waals surface area contributed by atoms with Gasteiger partial charge in [-0.15, -0.1) is 0 Å². The van der Waals surface area contributed by atoms with Crippen molar-refractivity contribution in [2.75, 3.05) is 40.0 Å². The minimum Gasteiger partial charge on any atom is -0.492 e. The molecule has 23 heavy (non-hydrogen) atoms. The summed E-state index contributed by atoms with van der Waals surface area (Å²) in [5.74, 6) is -1.71. The summed E-state index contributed by atoms with van der Waals surface area (Å²) >= 11 is 0. The van der Waals surface area contributed by atoms with Gasteiger partial charge in [0.2, 0.25) is 5.91 Å². The lowest BCUT2D eigenvalue weighted by molar-refractivity contribution is -0.136. The van der Waals surface area contributed by atoms with Crippen LogP contribution in [0.4, 0.5) is 8.78 Å². The minimum atomic E-state index is -0.958. The number of hydrogen-bond acceptors (Lipinski definition) is 4. The van der Waals surface area contributed by atoms with Crippen molar-refractivity contribution in [1.29, 1.82) is 0 Å². The third-order valence-electron chi connectivity index (χ3n) is 4.01. The van der Waals surface area contributed by atoms with Gasteiger partial charge >= 0.3 is 0 Å². The van der Waals surface area contributed by atoms with Gasteiger partial charge in [0, 0.05) is 13.2 Å². The van der Waals surface area contributed by atoms with E-state index in [4.69, 9.17) is 9.47 Å². The zero-order valence-corrected chi connectivity index (χ0v) is 13.2. The highest BCUT2D eigenvalue weighted by Gasteiger charge is 2.39. The molecule has 0 saturated carbocycles. The normalized spacial score (nSPS) is 16.8. The Labute approximate surface area is 134 Å². The summed E-state index contributed by atoms with van der Waals surface area (Å²) in [7, 11) is 1.59. The van der Waals surface area contributed by atoms with Crippen LogP contribution >= 0.6 is 0 Å². The maximum atomic E-state index is 13.1. The third-order valence-corrected chi connectivity index (χ3v) is 4.01. The van der Waals surface area contributed by atoms with Crippen LogP contribution in [0.3, 0.4) is 0 Å². The largest absolute Gasteiger partial charge is 0.492 e. The van der Waals surface area contributed by atoms with Gasteiger partial charge < -0.3 is 20.1 Å². The van der Waals surface area contributed by atoms with E-state index in [2.05, 4.69) is 10.6 Å².